The van der Waals surface area contributed by atoms with Gasteiger partial charge in [-0.2, -0.15) is 0 Å². The van der Waals surface area contributed by atoms with E-state index >= 15 is 0 Å². The molecule has 0 aliphatic heterocycles. The maximum atomic E-state index is 13.4. The number of para-hydroxylation sites is 1. The van der Waals surface area contributed by atoms with E-state index in [1.165, 1.54) is 23.5 Å². The van der Waals surface area contributed by atoms with Gasteiger partial charge in [-0.1, -0.05) is 41.1 Å². The van der Waals surface area contributed by atoms with Crippen LogP contribution in [0, 0.1) is 5.82 Å². The molecule has 0 unspecified atom stereocenters. The summed E-state index contributed by atoms with van der Waals surface area (Å²) >= 11 is 7.53. The first-order valence-corrected chi connectivity index (χ1v) is 9.32. The van der Waals surface area contributed by atoms with Gasteiger partial charge in [-0.15, -0.1) is 0 Å². The normalized spacial score (nSPS) is 10.9. The first-order chi connectivity index (χ1) is 13.1. The number of rotatable bonds is 4. The Balaban J connectivity index is 1.78. The molecule has 0 fully saturated rings. The van der Waals surface area contributed by atoms with Crippen LogP contribution in [0.3, 0.4) is 0 Å². The zero-order chi connectivity index (χ0) is 18.8. The Labute approximate surface area is 163 Å². The lowest BCUT2D eigenvalue weighted by molar-refractivity contribution is 0.0985. The standard InChI is InChI=1S/C20H13ClFN3OS/c21-16-10-14(22)7-8-15(16)19(26)25(12-13-4-3-9-23-11-13)20-24-17-5-1-2-6-18(17)27-20/h1-11H,12H2. The van der Waals surface area contributed by atoms with Gasteiger partial charge in [0.25, 0.3) is 5.91 Å². The van der Waals surface area contributed by atoms with Crippen LogP contribution >= 0.6 is 22.9 Å². The monoisotopic (exact) mass is 397 g/mol. The Morgan fingerprint density at radius 3 is 2.74 bits per heavy atom. The van der Waals surface area contributed by atoms with E-state index in [1.54, 1.807) is 23.4 Å². The fourth-order valence-electron chi connectivity index (χ4n) is 2.68. The summed E-state index contributed by atoms with van der Waals surface area (Å²) in [6.07, 6.45) is 3.37. The number of nitrogens with zero attached hydrogens (tertiary/aromatic N) is 3. The molecule has 0 atom stereocenters. The molecule has 7 heteroatoms. The van der Waals surface area contributed by atoms with E-state index in [0.29, 0.717) is 5.13 Å². The summed E-state index contributed by atoms with van der Waals surface area (Å²) in [6, 6.07) is 15.1. The molecule has 4 aromatic rings. The number of halogens is 2. The van der Waals surface area contributed by atoms with Gasteiger partial charge in [-0.25, -0.2) is 9.37 Å². The van der Waals surface area contributed by atoms with Gasteiger partial charge in [0.05, 0.1) is 27.3 Å². The quantitative estimate of drug-likeness (QED) is 0.467. The summed E-state index contributed by atoms with van der Waals surface area (Å²) in [7, 11) is 0. The molecule has 0 bridgehead atoms. The number of hydrogen-bond donors (Lipinski definition) is 0. The highest BCUT2D eigenvalue weighted by Gasteiger charge is 2.24. The number of benzene rings is 2. The van der Waals surface area contributed by atoms with Crippen molar-refractivity contribution in [2.45, 2.75) is 6.54 Å². The third-order valence-corrected chi connectivity index (χ3v) is 5.36. The van der Waals surface area contributed by atoms with Crippen molar-refractivity contribution in [3.05, 3.63) is 89.0 Å². The first kappa shape index (κ1) is 17.6. The topological polar surface area (TPSA) is 46.1 Å². The van der Waals surface area contributed by atoms with Crippen LogP contribution in [0.4, 0.5) is 9.52 Å². The fourth-order valence-corrected chi connectivity index (χ4v) is 3.90. The molecule has 4 nitrogen and oxygen atoms in total. The van der Waals surface area contributed by atoms with Crippen molar-refractivity contribution in [3.63, 3.8) is 0 Å². The number of thiazole rings is 1. The average molecular weight is 398 g/mol. The predicted octanol–water partition coefficient (Wildman–Crippen LogP) is 5.33. The number of carbonyl (C=O) groups excluding carboxylic acids is 1. The summed E-state index contributed by atoms with van der Waals surface area (Å²) in [5.74, 6) is -0.835. The molecule has 2 aromatic carbocycles. The van der Waals surface area contributed by atoms with Crippen molar-refractivity contribution in [2.24, 2.45) is 0 Å². The Morgan fingerprint density at radius 1 is 1.15 bits per heavy atom. The van der Waals surface area contributed by atoms with E-state index in [-0.39, 0.29) is 23.0 Å². The van der Waals surface area contributed by atoms with Gasteiger partial charge in [0.15, 0.2) is 5.13 Å². The van der Waals surface area contributed by atoms with Crippen molar-refractivity contribution in [1.29, 1.82) is 0 Å². The van der Waals surface area contributed by atoms with E-state index < -0.39 is 5.82 Å². The smallest absolute Gasteiger partial charge is 0.261 e. The van der Waals surface area contributed by atoms with Crippen LogP contribution in [0.2, 0.25) is 5.02 Å². The number of amides is 1. The zero-order valence-electron chi connectivity index (χ0n) is 14.0. The zero-order valence-corrected chi connectivity index (χ0v) is 15.5. The van der Waals surface area contributed by atoms with Gasteiger partial charge in [0.1, 0.15) is 5.82 Å². The van der Waals surface area contributed by atoms with E-state index in [0.717, 1.165) is 21.8 Å². The maximum absolute atomic E-state index is 13.4. The largest absolute Gasteiger partial charge is 0.279 e. The lowest BCUT2D eigenvalue weighted by atomic mass is 10.2. The van der Waals surface area contributed by atoms with Crippen LogP contribution in [0.1, 0.15) is 15.9 Å². The number of aromatic nitrogens is 2. The second kappa shape index (κ2) is 7.42. The minimum absolute atomic E-state index is 0.0669. The molecule has 0 spiro atoms. The van der Waals surface area contributed by atoms with Crippen LogP contribution in [0.25, 0.3) is 10.2 Å². The van der Waals surface area contributed by atoms with E-state index in [2.05, 4.69) is 9.97 Å². The van der Waals surface area contributed by atoms with Gasteiger partial charge in [0.2, 0.25) is 0 Å². The summed E-state index contributed by atoms with van der Waals surface area (Å²) in [5, 5.41) is 0.614. The summed E-state index contributed by atoms with van der Waals surface area (Å²) in [6.45, 7) is 0.278. The molecule has 0 aliphatic carbocycles. The van der Waals surface area contributed by atoms with E-state index in [9.17, 15) is 9.18 Å². The van der Waals surface area contributed by atoms with Crippen molar-refractivity contribution in [1.82, 2.24) is 9.97 Å². The molecule has 0 saturated heterocycles. The van der Waals surface area contributed by atoms with Crippen molar-refractivity contribution >= 4 is 44.2 Å². The van der Waals surface area contributed by atoms with Crippen LogP contribution in [-0.4, -0.2) is 15.9 Å². The lowest BCUT2D eigenvalue weighted by Crippen LogP contribution is -2.30. The van der Waals surface area contributed by atoms with Crippen molar-refractivity contribution in [2.75, 3.05) is 4.90 Å². The molecule has 2 aromatic heterocycles. The SMILES string of the molecule is O=C(c1ccc(F)cc1Cl)N(Cc1cccnc1)c1nc2ccccc2s1. The molecular weight excluding hydrogens is 385 g/mol. The second-order valence-corrected chi connectivity index (χ2v) is 7.26. The third-order valence-electron chi connectivity index (χ3n) is 3.98. The first-order valence-electron chi connectivity index (χ1n) is 8.13. The molecular formula is C20H13ClFN3OS. The summed E-state index contributed by atoms with van der Waals surface area (Å²) < 4.78 is 14.4. The Morgan fingerprint density at radius 2 is 2.00 bits per heavy atom. The van der Waals surface area contributed by atoms with Gasteiger partial charge >= 0.3 is 0 Å². The summed E-state index contributed by atoms with van der Waals surface area (Å²) in [4.78, 5) is 23.5. The Kier molecular flexibility index (Phi) is 4.83. The molecule has 2 heterocycles. The molecule has 27 heavy (non-hydrogen) atoms. The second-order valence-electron chi connectivity index (χ2n) is 5.84. The molecule has 134 valence electrons. The maximum Gasteiger partial charge on any atom is 0.261 e. The highest BCUT2D eigenvalue weighted by Crippen LogP contribution is 2.31. The van der Waals surface area contributed by atoms with Gasteiger partial charge in [-0.3, -0.25) is 14.7 Å². The predicted molar refractivity (Wildman–Crippen MR) is 106 cm³/mol. The average Bonchev–Trinajstić information content (AvgIpc) is 3.10. The minimum atomic E-state index is -0.490. The van der Waals surface area contributed by atoms with Crippen molar-refractivity contribution in [3.8, 4) is 0 Å². The summed E-state index contributed by atoms with van der Waals surface area (Å²) in [5.41, 5.74) is 1.89. The Bertz CT molecular complexity index is 1080. The highest BCUT2D eigenvalue weighted by atomic mass is 35.5. The van der Waals surface area contributed by atoms with Crippen LogP contribution in [0.5, 0.6) is 0 Å². The number of hydrogen-bond acceptors (Lipinski definition) is 4. The Hall–Kier alpha value is -2.83. The minimum Gasteiger partial charge on any atom is -0.279 e. The lowest BCUT2D eigenvalue weighted by Gasteiger charge is -2.20. The van der Waals surface area contributed by atoms with Crippen LogP contribution < -0.4 is 4.90 Å². The number of carbonyl (C=O) groups is 1. The van der Waals surface area contributed by atoms with Crippen LogP contribution in [-0.2, 0) is 6.54 Å². The molecule has 0 N–H and O–H groups in total. The molecule has 0 radical (unpaired) electrons. The van der Waals surface area contributed by atoms with Gasteiger partial charge in [0, 0.05) is 12.4 Å². The van der Waals surface area contributed by atoms with Crippen molar-refractivity contribution < 1.29 is 9.18 Å². The van der Waals surface area contributed by atoms with E-state index in [4.69, 9.17) is 11.6 Å². The fraction of sp³-hybridized carbons (Fsp3) is 0.0500. The van der Waals surface area contributed by atoms with Gasteiger partial charge in [-0.05, 0) is 42.0 Å². The van der Waals surface area contributed by atoms with Gasteiger partial charge < -0.3 is 0 Å². The number of fused-ring (bicyclic) bond motifs is 1. The molecule has 4 rings (SSSR count). The van der Waals surface area contributed by atoms with E-state index in [1.807, 2.05) is 30.3 Å². The highest BCUT2D eigenvalue weighted by molar-refractivity contribution is 7.22. The molecule has 0 aliphatic rings. The third kappa shape index (κ3) is 3.67. The molecule has 0 saturated carbocycles. The number of pyridine rings is 1. The number of anilines is 1. The van der Waals surface area contributed by atoms with Crippen LogP contribution in [0.15, 0.2) is 67.0 Å². The molecule has 1 amide bonds.